The van der Waals surface area contributed by atoms with Crippen molar-refractivity contribution >= 4 is 29.9 Å². The van der Waals surface area contributed by atoms with Gasteiger partial charge in [0.05, 0.1) is 12.3 Å². The lowest BCUT2D eigenvalue weighted by Crippen LogP contribution is -2.36. The third-order valence-electron chi connectivity index (χ3n) is 5.04. The molecule has 0 radical (unpaired) electrons. The van der Waals surface area contributed by atoms with Crippen molar-refractivity contribution in [1.82, 2.24) is 20.4 Å². The van der Waals surface area contributed by atoms with E-state index < -0.39 is 0 Å². The van der Waals surface area contributed by atoms with Gasteiger partial charge in [0.25, 0.3) is 0 Å². The number of rotatable bonds is 11. The molecule has 1 aromatic heterocycles. The largest absolute Gasteiger partial charge is 0.491 e. The molecule has 0 saturated carbocycles. The van der Waals surface area contributed by atoms with Gasteiger partial charge in [0.15, 0.2) is 5.96 Å². The van der Waals surface area contributed by atoms with Crippen molar-refractivity contribution in [3.05, 3.63) is 46.3 Å². The molecule has 0 atom stereocenters. The molecule has 2 rings (SSSR count). The van der Waals surface area contributed by atoms with Crippen molar-refractivity contribution in [2.45, 2.75) is 53.6 Å². The van der Waals surface area contributed by atoms with E-state index in [4.69, 9.17) is 9.47 Å². The molecule has 1 heterocycles. The SMILES string of the molecule is CCOCCOc1cc(C)ccc1CNC(=NC)NCc1c(CC)nn(C)c1CC.I. The predicted molar refractivity (Wildman–Crippen MR) is 138 cm³/mol. The number of hydrogen-bond acceptors (Lipinski definition) is 4. The molecule has 0 saturated heterocycles. The highest BCUT2D eigenvalue weighted by Gasteiger charge is 2.14. The van der Waals surface area contributed by atoms with Crippen molar-refractivity contribution in [2.24, 2.45) is 12.0 Å². The Hall–Kier alpha value is -1.81. The molecule has 0 spiro atoms. The van der Waals surface area contributed by atoms with Crippen molar-refractivity contribution in [1.29, 1.82) is 0 Å². The van der Waals surface area contributed by atoms with Crippen molar-refractivity contribution < 1.29 is 9.47 Å². The zero-order valence-corrected chi connectivity index (χ0v) is 22.1. The average Bonchev–Trinajstić information content (AvgIpc) is 3.06. The summed E-state index contributed by atoms with van der Waals surface area (Å²) in [7, 11) is 3.80. The summed E-state index contributed by atoms with van der Waals surface area (Å²) >= 11 is 0. The normalized spacial score (nSPS) is 11.2. The first kappa shape index (κ1) is 27.2. The summed E-state index contributed by atoms with van der Waals surface area (Å²) in [5.74, 6) is 1.63. The Balaban J connectivity index is 0.00000480. The van der Waals surface area contributed by atoms with Gasteiger partial charge in [-0.25, -0.2) is 0 Å². The zero-order valence-electron chi connectivity index (χ0n) is 19.7. The summed E-state index contributed by atoms with van der Waals surface area (Å²) in [6.45, 7) is 11.5. The fraction of sp³-hybridized carbons (Fsp3) is 0.565. The molecular formula is C23H38IN5O2. The van der Waals surface area contributed by atoms with Crippen LogP contribution in [0.3, 0.4) is 0 Å². The molecule has 0 aliphatic carbocycles. The minimum Gasteiger partial charge on any atom is -0.491 e. The predicted octanol–water partition coefficient (Wildman–Crippen LogP) is 3.75. The van der Waals surface area contributed by atoms with E-state index >= 15 is 0 Å². The van der Waals surface area contributed by atoms with Crippen molar-refractivity contribution in [3.63, 3.8) is 0 Å². The van der Waals surface area contributed by atoms with Crippen LogP contribution >= 0.6 is 24.0 Å². The van der Waals surface area contributed by atoms with Gasteiger partial charge in [-0.15, -0.1) is 24.0 Å². The molecule has 0 amide bonds. The number of hydrogen-bond donors (Lipinski definition) is 2. The van der Waals surface area contributed by atoms with Gasteiger partial charge >= 0.3 is 0 Å². The molecule has 0 aliphatic heterocycles. The number of aliphatic imine (C=N–C) groups is 1. The first-order valence-corrected chi connectivity index (χ1v) is 10.8. The van der Waals surface area contributed by atoms with Crippen LogP contribution in [0.1, 0.15) is 48.8 Å². The molecule has 31 heavy (non-hydrogen) atoms. The summed E-state index contributed by atoms with van der Waals surface area (Å²) in [6, 6.07) is 6.26. The van der Waals surface area contributed by atoms with Crippen LogP contribution < -0.4 is 15.4 Å². The minimum atomic E-state index is 0. The van der Waals surface area contributed by atoms with Gasteiger partial charge in [-0.3, -0.25) is 9.67 Å². The van der Waals surface area contributed by atoms with E-state index in [-0.39, 0.29) is 24.0 Å². The molecule has 7 nitrogen and oxygen atoms in total. The van der Waals surface area contributed by atoms with E-state index in [1.54, 1.807) is 7.05 Å². The van der Waals surface area contributed by atoms with Crippen LogP contribution in [0.15, 0.2) is 23.2 Å². The Morgan fingerprint density at radius 1 is 1.10 bits per heavy atom. The molecule has 2 aromatic rings. The Kier molecular flexibility index (Phi) is 12.5. The number of guanidine groups is 1. The van der Waals surface area contributed by atoms with Crippen LogP contribution in [0.2, 0.25) is 0 Å². The Morgan fingerprint density at radius 3 is 2.48 bits per heavy atom. The summed E-state index contributed by atoms with van der Waals surface area (Å²) in [5.41, 5.74) is 5.92. The Labute approximate surface area is 204 Å². The third kappa shape index (κ3) is 7.99. The Bertz CT molecular complexity index is 836. The number of halogens is 1. The number of nitrogens with one attached hydrogen (secondary N) is 2. The highest BCUT2D eigenvalue weighted by molar-refractivity contribution is 14.0. The highest BCUT2D eigenvalue weighted by Crippen LogP contribution is 2.20. The van der Waals surface area contributed by atoms with Crippen LogP contribution in [0, 0.1) is 6.92 Å². The molecule has 2 N–H and O–H groups in total. The lowest BCUT2D eigenvalue weighted by Gasteiger charge is -2.16. The molecule has 0 bridgehead atoms. The minimum absolute atomic E-state index is 0. The number of benzene rings is 1. The van der Waals surface area contributed by atoms with E-state index in [9.17, 15) is 0 Å². The van der Waals surface area contributed by atoms with E-state index in [0.29, 0.717) is 32.9 Å². The van der Waals surface area contributed by atoms with Crippen LogP contribution in [0.4, 0.5) is 0 Å². The summed E-state index contributed by atoms with van der Waals surface area (Å²) < 4.78 is 13.3. The molecule has 0 aliphatic rings. The highest BCUT2D eigenvalue weighted by atomic mass is 127. The van der Waals surface area contributed by atoms with Gasteiger partial charge < -0.3 is 20.1 Å². The standard InChI is InChI=1S/C23H37N5O2.HI/c1-7-20-19(21(8-2)28(6)27-20)16-26-23(24-5)25-15-18-11-10-17(4)14-22(18)30-13-12-29-9-3;/h10-11,14H,7-9,12-13,15-16H2,1-6H3,(H2,24,25,26);1H. The van der Waals surface area contributed by atoms with Crippen molar-refractivity contribution in [3.8, 4) is 5.75 Å². The monoisotopic (exact) mass is 543 g/mol. The zero-order chi connectivity index (χ0) is 21.9. The fourth-order valence-electron chi connectivity index (χ4n) is 3.46. The second-order valence-electron chi connectivity index (χ2n) is 7.14. The van der Waals surface area contributed by atoms with Gasteiger partial charge in [0, 0.05) is 50.6 Å². The number of nitrogens with zero attached hydrogens (tertiary/aromatic N) is 3. The number of ether oxygens (including phenoxy) is 2. The van der Waals surface area contributed by atoms with Crippen LogP contribution in [0.5, 0.6) is 5.75 Å². The maximum atomic E-state index is 5.94. The summed E-state index contributed by atoms with van der Waals surface area (Å²) in [6.07, 6.45) is 1.88. The fourth-order valence-corrected chi connectivity index (χ4v) is 3.46. The topological polar surface area (TPSA) is 72.7 Å². The van der Waals surface area contributed by atoms with E-state index in [2.05, 4.69) is 59.7 Å². The van der Waals surface area contributed by atoms with Crippen LogP contribution in [0.25, 0.3) is 0 Å². The molecule has 1 aromatic carbocycles. The second kappa shape index (κ2) is 14.3. The van der Waals surface area contributed by atoms with Gasteiger partial charge in [0.2, 0.25) is 0 Å². The quantitative estimate of drug-likeness (QED) is 0.196. The van der Waals surface area contributed by atoms with E-state index in [0.717, 1.165) is 35.8 Å². The molecule has 174 valence electrons. The van der Waals surface area contributed by atoms with Gasteiger partial charge in [-0.1, -0.05) is 26.0 Å². The second-order valence-corrected chi connectivity index (χ2v) is 7.14. The number of aryl methyl sites for hydroxylation is 3. The number of aromatic nitrogens is 2. The first-order valence-electron chi connectivity index (χ1n) is 10.8. The molecule has 0 unspecified atom stereocenters. The van der Waals surface area contributed by atoms with Crippen LogP contribution in [-0.4, -0.2) is 42.6 Å². The maximum Gasteiger partial charge on any atom is 0.191 e. The molecular weight excluding hydrogens is 505 g/mol. The lowest BCUT2D eigenvalue weighted by atomic mass is 10.1. The van der Waals surface area contributed by atoms with Gasteiger partial charge in [0.1, 0.15) is 12.4 Å². The van der Waals surface area contributed by atoms with Crippen LogP contribution in [-0.2, 0) is 37.7 Å². The third-order valence-corrected chi connectivity index (χ3v) is 5.04. The van der Waals surface area contributed by atoms with E-state index in [1.807, 2.05) is 18.7 Å². The van der Waals surface area contributed by atoms with Gasteiger partial charge in [-0.05, 0) is 38.3 Å². The molecule has 0 fully saturated rings. The average molecular weight is 543 g/mol. The van der Waals surface area contributed by atoms with Crippen molar-refractivity contribution in [2.75, 3.05) is 26.9 Å². The summed E-state index contributed by atoms with van der Waals surface area (Å²) in [5, 5.41) is 11.5. The summed E-state index contributed by atoms with van der Waals surface area (Å²) in [4.78, 5) is 4.38. The maximum absolute atomic E-state index is 5.94. The Morgan fingerprint density at radius 2 is 1.84 bits per heavy atom. The van der Waals surface area contributed by atoms with Gasteiger partial charge in [-0.2, -0.15) is 5.10 Å². The smallest absolute Gasteiger partial charge is 0.191 e. The van der Waals surface area contributed by atoms with E-state index in [1.165, 1.54) is 16.8 Å². The first-order chi connectivity index (χ1) is 14.5. The lowest BCUT2D eigenvalue weighted by molar-refractivity contribution is 0.110. The molecule has 8 heteroatoms.